The van der Waals surface area contributed by atoms with Crippen LogP contribution in [-0.2, 0) is 13.5 Å². The van der Waals surface area contributed by atoms with Crippen molar-refractivity contribution in [2.24, 2.45) is 7.05 Å². The average molecular weight is 274 g/mol. The summed E-state index contributed by atoms with van der Waals surface area (Å²) >= 11 is 0. The first kappa shape index (κ1) is 14.5. The fraction of sp³-hybridized carbons (Fsp3) is 0.467. The molecule has 5 nitrogen and oxygen atoms in total. The quantitative estimate of drug-likeness (QED) is 0.876. The highest BCUT2D eigenvalue weighted by Gasteiger charge is 2.18. The molecule has 1 atom stereocenters. The van der Waals surface area contributed by atoms with Gasteiger partial charge < -0.3 is 10.1 Å². The molecule has 2 aromatic rings. The summed E-state index contributed by atoms with van der Waals surface area (Å²) in [6.45, 7) is 5.08. The molecule has 1 unspecified atom stereocenters. The fourth-order valence-corrected chi connectivity index (χ4v) is 2.29. The molecule has 0 aliphatic heterocycles. The third-order valence-corrected chi connectivity index (χ3v) is 3.34. The van der Waals surface area contributed by atoms with Gasteiger partial charge in [0.2, 0.25) is 0 Å². The third kappa shape index (κ3) is 2.99. The molecular formula is C15H22N4O. The summed E-state index contributed by atoms with van der Waals surface area (Å²) < 4.78 is 7.20. The normalized spacial score (nSPS) is 12.4. The Hall–Kier alpha value is -1.88. The van der Waals surface area contributed by atoms with Crippen LogP contribution < -0.4 is 10.1 Å². The van der Waals surface area contributed by atoms with Crippen LogP contribution in [0.1, 0.15) is 36.8 Å². The largest absolute Gasteiger partial charge is 0.495 e. The van der Waals surface area contributed by atoms with Crippen molar-refractivity contribution in [3.63, 3.8) is 0 Å². The Morgan fingerprint density at radius 1 is 1.30 bits per heavy atom. The van der Waals surface area contributed by atoms with Crippen molar-refractivity contribution in [1.82, 2.24) is 20.1 Å². The van der Waals surface area contributed by atoms with Crippen LogP contribution in [0.25, 0.3) is 0 Å². The zero-order valence-corrected chi connectivity index (χ0v) is 12.6. The molecule has 0 aliphatic carbocycles. The zero-order chi connectivity index (χ0) is 14.5. The monoisotopic (exact) mass is 274 g/mol. The van der Waals surface area contributed by atoms with Crippen LogP contribution in [0, 0.1) is 0 Å². The number of methoxy groups -OCH3 is 1. The van der Waals surface area contributed by atoms with E-state index in [9.17, 15) is 0 Å². The summed E-state index contributed by atoms with van der Waals surface area (Å²) in [7, 11) is 3.63. The molecule has 0 aliphatic rings. The number of nitrogens with zero attached hydrogens (tertiary/aromatic N) is 3. The van der Waals surface area contributed by atoms with E-state index < -0.39 is 0 Å². The van der Waals surface area contributed by atoms with E-state index in [1.165, 1.54) is 0 Å². The second kappa shape index (κ2) is 6.52. The number of rotatable bonds is 6. The molecule has 2 aromatic heterocycles. The predicted octanol–water partition coefficient (Wildman–Crippen LogP) is 2.08. The summed E-state index contributed by atoms with van der Waals surface area (Å²) in [4.78, 5) is 4.25. The Morgan fingerprint density at radius 2 is 2.10 bits per heavy atom. The van der Waals surface area contributed by atoms with Crippen molar-refractivity contribution >= 4 is 0 Å². The lowest BCUT2D eigenvalue weighted by molar-refractivity contribution is 0.411. The third-order valence-electron chi connectivity index (χ3n) is 3.34. The number of nitrogens with one attached hydrogen (secondary N) is 1. The number of aryl methyl sites for hydroxylation is 2. The van der Waals surface area contributed by atoms with E-state index in [1.807, 2.05) is 24.0 Å². The van der Waals surface area contributed by atoms with Gasteiger partial charge in [0.15, 0.2) is 0 Å². The Morgan fingerprint density at radius 3 is 2.70 bits per heavy atom. The van der Waals surface area contributed by atoms with Crippen LogP contribution in [0.2, 0.25) is 0 Å². The second-order valence-corrected chi connectivity index (χ2v) is 4.69. The lowest BCUT2D eigenvalue weighted by Gasteiger charge is -2.18. The van der Waals surface area contributed by atoms with Crippen molar-refractivity contribution in [1.29, 1.82) is 0 Å². The predicted molar refractivity (Wildman–Crippen MR) is 78.9 cm³/mol. The molecule has 108 valence electrons. The lowest BCUT2D eigenvalue weighted by Crippen LogP contribution is -2.24. The number of hydrogen-bond donors (Lipinski definition) is 1. The molecule has 0 fully saturated rings. The van der Waals surface area contributed by atoms with Crippen molar-refractivity contribution in [2.75, 3.05) is 13.7 Å². The van der Waals surface area contributed by atoms with Gasteiger partial charge in [-0.05, 0) is 30.7 Å². The van der Waals surface area contributed by atoms with Crippen LogP contribution in [0.3, 0.4) is 0 Å². The van der Waals surface area contributed by atoms with Gasteiger partial charge in [0.25, 0.3) is 0 Å². The Kier molecular flexibility index (Phi) is 4.74. The van der Waals surface area contributed by atoms with Crippen LogP contribution in [0.15, 0.2) is 24.5 Å². The van der Waals surface area contributed by atoms with Gasteiger partial charge in [-0.15, -0.1) is 0 Å². The minimum absolute atomic E-state index is 0.0698. The van der Waals surface area contributed by atoms with Gasteiger partial charge in [0.1, 0.15) is 5.75 Å². The minimum Gasteiger partial charge on any atom is -0.495 e. The summed E-state index contributed by atoms with van der Waals surface area (Å²) in [6.07, 6.45) is 4.52. The first-order valence-corrected chi connectivity index (χ1v) is 6.94. The van der Waals surface area contributed by atoms with E-state index in [0.717, 1.165) is 35.7 Å². The molecule has 0 amide bonds. The first-order valence-electron chi connectivity index (χ1n) is 6.94. The van der Waals surface area contributed by atoms with Gasteiger partial charge in [-0.3, -0.25) is 9.67 Å². The highest BCUT2D eigenvalue weighted by Crippen LogP contribution is 2.24. The first-order chi connectivity index (χ1) is 9.69. The maximum absolute atomic E-state index is 5.26. The molecule has 2 rings (SSSR count). The molecule has 2 heterocycles. The van der Waals surface area contributed by atoms with E-state index in [1.54, 1.807) is 13.3 Å². The zero-order valence-electron chi connectivity index (χ0n) is 12.6. The lowest BCUT2D eigenvalue weighted by atomic mass is 10.0. The van der Waals surface area contributed by atoms with Crippen LogP contribution in [0.5, 0.6) is 5.75 Å². The molecular weight excluding hydrogens is 252 g/mol. The Labute approximate surface area is 120 Å². The molecule has 1 N–H and O–H groups in total. The van der Waals surface area contributed by atoms with E-state index in [-0.39, 0.29) is 6.04 Å². The highest BCUT2D eigenvalue weighted by molar-refractivity contribution is 5.32. The molecule has 0 spiro atoms. The van der Waals surface area contributed by atoms with Gasteiger partial charge >= 0.3 is 0 Å². The number of pyridine rings is 1. The van der Waals surface area contributed by atoms with Crippen LogP contribution in [-0.4, -0.2) is 28.4 Å². The maximum Gasteiger partial charge on any atom is 0.137 e. The summed E-state index contributed by atoms with van der Waals surface area (Å²) in [6, 6.07) is 4.23. The van der Waals surface area contributed by atoms with Gasteiger partial charge in [0, 0.05) is 13.2 Å². The Bertz CT molecular complexity index is 565. The maximum atomic E-state index is 5.26. The highest BCUT2D eigenvalue weighted by atomic mass is 16.5. The standard InChI is InChI=1S/C15H22N4O/c1-5-12-8-14(19(3)18-12)15(17-6-2)11-7-13(20-4)10-16-9-11/h7-10,15,17H,5-6H2,1-4H3. The second-order valence-electron chi connectivity index (χ2n) is 4.69. The van der Waals surface area contributed by atoms with Crippen molar-refractivity contribution in [3.05, 3.63) is 41.5 Å². The molecule has 0 bridgehead atoms. The number of ether oxygens (including phenoxy) is 1. The smallest absolute Gasteiger partial charge is 0.137 e. The van der Waals surface area contributed by atoms with Gasteiger partial charge in [-0.25, -0.2) is 0 Å². The molecule has 5 heteroatoms. The molecule has 0 radical (unpaired) electrons. The van der Waals surface area contributed by atoms with Crippen molar-refractivity contribution < 1.29 is 4.74 Å². The number of aromatic nitrogens is 3. The molecule has 0 saturated heterocycles. The van der Waals surface area contributed by atoms with Crippen molar-refractivity contribution in [3.8, 4) is 5.75 Å². The summed E-state index contributed by atoms with van der Waals surface area (Å²) in [5, 5.41) is 8.01. The topological polar surface area (TPSA) is 52.0 Å². The Balaban J connectivity index is 2.41. The minimum atomic E-state index is 0.0698. The van der Waals surface area contributed by atoms with Crippen LogP contribution in [0.4, 0.5) is 0 Å². The van der Waals surface area contributed by atoms with Gasteiger partial charge in [-0.1, -0.05) is 13.8 Å². The van der Waals surface area contributed by atoms with E-state index in [0.29, 0.717) is 0 Å². The number of hydrogen-bond acceptors (Lipinski definition) is 4. The summed E-state index contributed by atoms with van der Waals surface area (Å²) in [5.74, 6) is 0.767. The molecule has 0 saturated carbocycles. The van der Waals surface area contributed by atoms with Crippen molar-refractivity contribution in [2.45, 2.75) is 26.3 Å². The van der Waals surface area contributed by atoms with Gasteiger partial charge in [0.05, 0.1) is 30.7 Å². The summed E-state index contributed by atoms with van der Waals surface area (Å²) in [5.41, 5.74) is 3.32. The average Bonchev–Trinajstić information content (AvgIpc) is 2.86. The molecule has 20 heavy (non-hydrogen) atoms. The van der Waals surface area contributed by atoms with E-state index in [2.05, 4.69) is 35.3 Å². The van der Waals surface area contributed by atoms with Gasteiger partial charge in [-0.2, -0.15) is 5.10 Å². The van der Waals surface area contributed by atoms with E-state index in [4.69, 9.17) is 4.74 Å². The fourth-order valence-electron chi connectivity index (χ4n) is 2.29. The van der Waals surface area contributed by atoms with Crippen LogP contribution >= 0.6 is 0 Å². The van der Waals surface area contributed by atoms with E-state index >= 15 is 0 Å². The SMILES string of the molecule is CCNC(c1cncc(OC)c1)c1cc(CC)nn1C. The molecule has 0 aromatic carbocycles.